The molecule has 1 aliphatic heterocycles. The van der Waals surface area contributed by atoms with Crippen LogP contribution in [0.5, 0.6) is 0 Å². The molecule has 0 radical (unpaired) electrons. The van der Waals surface area contributed by atoms with Gasteiger partial charge in [-0.15, -0.1) is 0 Å². The van der Waals surface area contributed by atoms with Crippen LogP contribution in [0.15, 0.2) is 0 Å². The van der Waals surface area contributed by atoms with E-state index >= 15 is 0 Å². The number of hydrogen-bond acceptors (Lipinski definition) is 4. The van der Waals surface area contributed by atoms with Crippen molar-refractivity contribution < 1.29 is 13.5 Å². The lowest BCUT2D eigenvalue weighted by atomic mass is 10.2. The summed E-state index contributed by atoms with van der Waals surface area (Å²) in [5.74, 6) is -0.0114. The third-order valence-corrected chi connectivity index (χ3v) is 3.70. The standard InChI is InChI=1S/C7H15NO3S/c1-2-3-8-6-4-12(10,11)5-7(6)9/h6-9H,2-5H2,1H3. The second-order valence-electron chi connectivity index (χ2n) is 3.20. The summed E-state index contributed by atoms with van der Waals surface area (Å²) in [6, 6.07) is -0.255. The van der Waals surface area contributed by atoms with E-state index in [-0.39, 0.29) is 17.5 Å². The van der Waals surface area contributed by atoms with Crippen LogP contribution in [0, 0.1) is 0 Å². The summed E-state index contributed by atoms with van der Waals surface area (Å²) in [7, 11) is -2.99. The van der Waals surface area contributed by atoms with Gasteiger partial charge in [0.15, 0.2) is 9.84 Å². The van der Waals surface area contributed by atoms with Crippen molar-refractivity contribution in [2.45, 2.75) is 25.5 Å². The molecule has 0 amide bonds. The SMILES string of the molecule is CCCNC1CS(=O)(=O)CC1O. The van der Waals surface area contributed by atoms with Crippen LogP contribution in [-0.4, -0.2) is 43.7 Å². The van der Waals surface area contributed by atoms with E-state index in [0.717, 1.165) is 13.0 Å². The van der Waals surface area contributed by atoms with Crippen molar-refractivity contribution in [3.05, 3.63) is 0 Å². The summed E-state index contributed by atoms with van der Waals surface area (Å²) < 4.78 is 22.0. The van der Waals surface area contributed by atoms with E-state index in [2.05, 4.69) is 5.32 Å². The summed E-state index contributed by atoms with van der Waals surface area (Å²) in [4.78, 5) is 0. The molecular weight excluding hydrogens is 178 g/mol. The molecular formula is C7H15NO3S. The Morgan fingerprint density at radius 2 is 2.17 bits per heavy atom. The number of rotatable bonds is 3. The van der Waals surface area contributed by atoms with E-state index in [1.807, 2.05) is 6.92 Å². The van der Waals surface area contributed by atoms with Gasteiger partial charge in [0.25, 0.3) is 0 Å². The average molecular weight is 193 g/mol. The average Bonchev–Trinajstić information content (AvgIpc) is 2.20. The molecule has 12 heavy (non-hydrogen) atoms. The summed E-state index contributed by atoms with van der Waals surface area (Å²) >= 11 is 0. The highest BCUT2D eigenvalue weighted by Crippen LogP contribution is 2.11. The largest absolute Gasteiger partial charge is 0.390 e. The molecule has 0 bridgehead atoms. The maximum absolute atomic E-state index is 11.0. The molecule has 0 aliphatic carbocycles. The zero-order valence-electron chi connectivity index (χ0n) is 7.16. The van der Waals surface area contributed by atoms with Gasteiger partial charge < -0.3 is 10.4 Å². The Balaban J connectivity index is 2.47. The zero-order chi connectivity index (χ0) is 9.19. The van der Waals surface area contributed by atoms with Gasteiger partial charge in [0.2, 0.25) is 0 Å². The van der Waals surface area contributed by atoms with Crippen LogP contribution in [0.25, 0.3) is 0 Å². The van der Waals surface area contributed by atoms with Crippen molar-refractivity contribution in [3.8, 4) is 0 Å². The third-order valence-electron chi connectivity index (χ3n) is 1.98. The van der Waals surface area contributed by atoms with Gasteiger partial charge in [0, 0.05) is 6.04 Å². The van der Waals surface area contributed by atoms with Gasteiger partial charge in [-0.25, -0.2) is 8.42 Å². The Kier molecular flexibility index (Phi) is 3.09. The molecule has 1 heterocycles. The van der Waals surface area contributed by atoms with Crippen LogP contribution >= 0.6 is 0 Å². The molecule has 1 aliphatic rings. The van der Waals surface area contributed by atoms with Crippen molar-refractivity contribution in [1.29, 1.82) is 0 Å². The van der Waals surface area contributed by atoms with Crippen LogP contribution in [0.2, 0.25) is 0 Å². The molecule has 4 nitrogen and oxygen atoms in total. The maximum Gasteiger partial charge on any atom is 0.154 e. The number of sulfone groups is 1. The number of aliphatic hydroxyl groups is 1. The van der Waals surface area contributed by atoms with E-state index in [1.165, 1.54) is 0 Å². The fourth-order valence-corrected chi connectivity index (χ4v) is 3.13. The highest BCUT2D eigenvalue weighted by atomic mass is 32.2. The molecule has 0 aromatic heterocycles. The molecule has 0 aromatic carbocycles. The van der Waals surface area contributed by atoms with Crippen molar-refractivity contribution in [2.75, 3.05) is 18.1 Å². The highest BCUT2D eigenvalue weighted by molar-refractivity contribution is 7.91. The minimum Gasteiger partial charge on any atom is -0.390 e. The zero-order valence-corrected chi connectivity index (χ0v) is 7.97. The smallest absolute Gasteiger partial charge is 0.154 e. The number of nitrogens with one attached hydrogen (secondary N) is 1. The molecule has 2 N–H and O–H groups in total. The van der Waals surface area contributed by atoms with Gasteiger partial charge >= 0.3 is 0 Å². The van der Waals surface area contributed by atoms with E-state index in [1.54, 1.807) is 0 Å². The van der Waals surface area contributed by atoms with E-state index in [9.17, 15) is 13.5 Å². The lowest BCUT2D eigenvalue weighted by molar-refractivity contribution is 0.166. The fraction of sp³-hybridized carbons (Fsp3) is 1.00. The van der Waals surface area contributed by atoms with Gasteiger partial charge in [-0.05, 0) is 13.0 Å². The number of hydrogen-bond donors (Lipinski definition) is 2. The van der Waals surface area contributed by atoms with Gasteiger partial charge in [0.1, 0.15) is 0 Å². The topological polar surface area (TPSA) is 66.4 Å². The van der Waals surface area contributed by atoms with Gasteiger partial charge in [0.05, 0.1) is 17.6 Å². The Bertz CT molecular complexity index is 237. The minimum absolute atomic E-state index is 0.0775. The summed E-state index contributed by atoms with van der Waals surface area (Å²) in [5.41, 5.74) is 0. The Morgan fingerprint density at radius 1 is 1.50 bits per heavy atom. The normalized spacial score (nSPS) is 33.8. The van der Waals surface area contributed by atoms with Crippen LogP contribution in [0.3, 0.4) is 0 Å². The van der Waals surface area contributed by atoms with Crippen molar-refractivity contribution in [2.24, 2.45) is 0 Å². The van der Waals surface area contributed by atoms with Crippen LogP contribution in [-0.2, 0) is 9.84 Å². The molecule has 2 unspecified atom stereocenters. The van der Waals surface area contributed by atoms with E-state index in [0.29, 0.717) is 0 Å². The molecule has 0 spiro atoms. The summed E-state index contributed by atoms with van der Waals surface area (Å²) in [6.07, 6.45) is 0.227. The monoisotopic (exact) mass is 193 g/mol. The van der Waals surface area contributed by atoms with Crippen LogP contribution < -0.4 is 5.32 Å². The molecule has 1 fully saturated rings. The predicted molar refractivity (Wildman–Crippen MR) is 46.7 cm³/mol. The Morgan fingerprint density at radius 3 is 2.58 bits per heavy atom. The fourth-order valence-electron chi connectivity index (χ4n) is 1.35. The Labute approximate surface area is 72.9 Å². The number of aliphatic hydroxyl groups excluding tert-OH is 1. The van der Waals surface area contributed by atoms with Crippen LogP contribution in [0.4, 0.5) is 0 Å². The molecule has 1 rings (SSSR count). The van der Waals surface area contributed by atoms with Gasteiger partial charge in [-0.3, -0.25) is 0 Å². The maximum atomic E-state index is 11.0. The quantitative estimate of drug-likeness (QED) is 0.612. The third kappa shape index (κ3) is 2.43. The Hall–Kier alpha value is -0.130. The lowest BCUT2D eigenvalue weighted by Crippen LogP contribution is -2.39. The van der Waals surface area contributed by atoms with Crippen molar-refractivity contribution in [1.82, 2.24) is 5.32 Å². The molecule has 5 heteroatoms. The lowest BCUT2D eigenvalue weighted by Gasteiger charge is -2.13. The van der Waals surface area contributed by atoms with E-state index < -0.39 is 15.9 Å². The first-order valence-electron chi connectivity index (χ1n) is 4.17. The second-order valence-corrected chi connectivity index (χ2v) is 5.36. The first-order valence-corrected chi connectivity index (χ1v) is 5.99. The van der Waals surface area contributed by atoms with Crippen molar-refractivity contribution in [3.63, 3.8) is 0 Å². The first kappa shape index (κ1) is 9.95. The van der Waals surface area contributed by atoms with Crippen LogP contribution in [0.1, 0.15) is 13.3 Å². The van der Waals surface area contributed by atoms with Gasteiger partial charge in [-0.1, -0.05) is 6.92 Å². The molecule has 72 valence electrons. The predicted octanol–water partition coefficient (Wildman–Crippen LogP) is -0.856. The molecule has 0 aromatic rings. The van der Waals surface area contributed by atoms with E-state index in [4.69, 9.17) is 0 Å². The molecule has 0 saturated carbocycles. The minimum atomic E-state index is -2.99. The summed E-state index contributed by atoms with van der Waals surface area (Å²) in [6.45, 7) is 2.76. The highest BCUT2D eigenvalue weighted by Gasteiger charge is 2.35. The second kappa shape index (κ2) is 3.72. The molecule has 2 atom stereocenters. The van der Waals surface area contributed by atoms with Gasteiger partial charge in [-0.2, -0.15) is 0 Å². The van der Waals surface area contributed by atoms with Crippen molar-refractivity contribution >= 4 is 9.84 Å². The molecule has 1 saturated heterocycles. The first-order chi connectivity index (χ1) is 5.55. The summed E-state index contributed by atoms with van der Waals surface area (Å²) in [5, 5.41) is 12.3.